The number of anilines is 3. The number of carbonyl (C=O) groups excluding carboxylic acids is 1. The summed E-state index contributed by atoms with van der Waals surface area (Å²) in [7, 11) is 0. The van der Waals surface area contributed by atoms with E-state index in [2.05, 4.69) is 10.3 Å². The molecule has 0 spiro atoms. The molecule has 29 heavy (non-hydrogen) atoms. The maximum Gasteiger partial charge on any atom is 0.259 e. The van der Waals surface area contributed by atoms with E-state index in [1.807, 2.05) is 36.1 Å². The van der Waals surface area contributed by atoms with Crippen molar-refractivity contribution in [3.05, 3.63) is 71.4 Å². The Balaban J connectivity index is 1.62. The van der Waals surface area contributed by atoms with Crippen LogP contribution in [0.15, 0.2) is 60.8 Å². The minimum absolute atomic E-state index is 0.250. The molecule has 7 heteroatoms. The number of hydrogen-bond acceptors (Lipinski definition) is 5. The number of nitrogens with zero attached hydrogens (tertiary/aromatic N) is 2. The van der Waals surface area contributed by atoms with E-state index in [0.717, 1.165) is 11.4 Å². The number of hydrogen-bond donors (Lipinski definition) is 1. The summed E-state index contributed by atoms with van der Waals surface area (Å²) in [5.74, 6) is 1.67. The number of halogens is 1. The predicted octanol–water partition coefficient (Wildman–Crippen LogP) is 4.92. The van der Waals surface area contributed by atoms with E-state index >= 15 is 0 Å². The molecule has 1 aliphatic heterocycles. The Labute approximate surface area is 174 Å². The maximum atomic E-state index is 12.9. The molecule has 0 saturated carbocycles. The molecular weight excluding hydrogens is 390 g/mol. The Morgan fingerprint density at radius 3 is 2.79 bits per heavy atom. The Bertz CT molecular complexity index is 1020. The molecule has 0 fully saturated rings. The molecule has 0 atom stereocenters. The first-order chi connectivity index (χ1) is 14.2. The van der Waals surface area contributed by atoms with Gasteiger partial charge < -0.3 is 19.7 Å². The lowest BCUT2D eigenvalue weighted by molar-refractivity contribution is 0.102. The maximum absolute atomic E-state index is 12.9. The van der Waals surface area contributed by atoms with Crippen molar-refractivity contribution < 1.29 is 14.3 Å². The van der Waals surface area contributed by atoms with Gasteiger partial charge in [-0.3, -0.25) is 4.79 Å². The summed E-state index contributed by atoms with van der Waals surface area (Å²) in [5.41, 5.74) is 1.89. The van der Waals surface area contributed by atoms with Crippen molar-refractivity contribution in [3.8, 4) is 11.5 Å². The number of rotatable bonds is 5. The predicted molar refractivity (Wildman–Crippen MR) is 114 cm³/mol. The van der Waals surface area contributed by atoms with Crippen LogP contribution < -0.4 is 19.7 Å². The van der Waals surface area contributed by atoms with Gasteiger partial charge in [0.15, 0.2) is 11.6 Å². The van der Waals surface area contributed by atoms with E-state index in [1.54, 1.807) is 36.5 Å². The molecule has 0 aliphatic carbocycles. The van der Waals surface area contributed by atoms with Gasteiger partial charge in [0.25, 0.3) is 5.91 Å². The molecule has 148 valence electrons. The van der Waals surface area contributed by atoms with Crippen LogP contribution in [0.2, 0.25) is 5.02 Å². The van der Waals surface area contributed by atoms with Crippen molar-refractivity contribution in [3.63, 3.8) is 0 Å². The first-order valence-electron chi connectivity index (χ1n) is 9.35. The monoisotopic (exact) mass is 409 g/mol. The van der Waals surface area contributed by atoms with Crippen LogP contribution in [-0.4, -0.2) is 30.6 Å². The van der Waals surface area contributed by atoms with E-state index in [4.69, 9.17) is 21.1 Å². The second kappa shape index (κ2) is 8.41. The third-order valence-corrected chi connectivity index (χ3v) is 4.80. The highest BCUT2D eigenvalue weighted by Gasteiger charge is 2.26. The smallest absolute Gasteiger partial charge is 0.259 e. The van der Waals surface area contributed by atoms with Gasteiger partial charge >= 0.3 is 0 Å². The molecule has 1 aliphatic rings. The molecule has 4 rings (SSSR count). The Morgan fingerprint density at radius 1 is 1.21 bits per heavy atom. The molecule has 0 unspecified atom stereocenters. The number of amides is 1. The van der Waals surface area contributed by atoms with Gasteiger partial charge in [0.1, 0.15) is 12.4 Å². The fourth-order valence-corrected chi connectivity index (χ4v) is 3.45. The minimum atomic E-state index is -0.250. The summed E-state index contributed by atoms with van der Waals surface area (Å²) in [5, 5.41) is 3.45. The third-order valence-electron chi connectivity index (χ3n) is 4.51. The lowest BCUT2D eigenvalue weighted by Gasteiger charge is -2.31. The average Bonchev–Trinajstić information content (AvgIpc) is 2.75. The number of para-hydroxylation sites is 1. The van der Waals surface area contributed by atoms with Crippen molar-refractivity contribution in [2.75, 3.05) is 30.0 Å². The summed E-state index contributed by atoms with van der Waals surface area (Å²) in [6.45, 7) is 3.53. The van der Waals surface area contributed by atoms with Crippen molar-refractivity contribution >= 4 is 34.7 Å². The van der Waals surface area contributed by atoms with Crippen LogP contribution in [0.25, 0.3) is 0 Å². The summed E-state index contributed by atoms with van der Waals surface area (Å²) in [4.78, 5) is 19.3. The highest BCUT2D eigenvalue weighted by Crippen LogP contribution is 2.40. The van der Waals surface area contributed by atoms with Crippen LogP contribution in [0, 0.1) is 0 Å². The zero-order valence-electron chi connectivity index (χ0n) is 15.9. The fraction of sp³-hybridized carbons (Fsp3) is 0.182. The van der Waals surface area contributed by atoms with Gasteiger partial charge in [-0.15, -0.1) is 0 Å². The normalized spacial score (nSPS) is 12.7. The average molecular weight is 410 g/mol. The molecule has 2 aromatic carbocycles. The number of fused-ring (bicyclic) bond motifs is 1. The number of ether oxygens (including phenoxy) is 2. The second-order valence-corrected chi connectivity index (χ2v) is 6.78. The van der Waals surface area contributed by atoms with Crippen molar-refractivity contribution in [2.45, 2.75) is 6.92 Å². The van der Waals surface area contributed by atoms with E-state index < -0.39 is 0 Å². The van der Waals surface area contributed by atoms with E-state index in [-0.39, 0.29) is 5.91 Å². The van der Waals surface area contributed by atoms with Crippen molar-refractivity contribution in [1.29, 1.82) is 0 Å². The van der Waals surface area contributed by atoms with Crippen LogP contribution >= 0.6 is 11.6 Å². The van der Waals surface area contributed by atoms with Gasteiger partial charge in [-0.2, -0.15) is 0 Å². The third kappa shape index (κ3) is 3.98. The van der Waals surface area contributed by atoms with Crippen LogP contribution in [-0.2, 0) is 0 Å². The van der Waals surface area contributed by atoms with Gasteiger partial charge in [-0.25, -0.2) is 4.98 Å². The largest absolute Gasteiger partial charge is 0.494 e. The Hall–Kier alpha value is -3.25. The van der Waals surface area contributed by atoms with Gasteiger partial charge in [0.05, 0.1) is 29.4 Å². The van der Waals surface area contributed by atoms with Gasteiger partial charge in [-0.05, 0) is 55.5 Å². The summed E-state index contributed by atoms with van der Waals surface area (Å²) < 4.78 is 11.3. The molecule has 0 radical (unpaired) electrons. The molecule has 0 bridgehead atoms. The zero-order chi connectivity index (χ0) is 20.2. The second-order valence-electron chi connectivity index (χ2n) is 6.37. The number of nitrogens with one attached hydrogen (secondary N) is 1. The molecule has 6 nitrogen and oxygen atoms in total. The standard InChI is InChI=1S/C22H20ClN3O3/c1-2-28-16-10-8-15(9-11-16)25-22(27)17-5-3-7-19-20(17)29-14-13-26(19)21-18(23)6-4-12-24-21/h3-12H,2,13-14H2,1H3,(H,25,27). The highest BCUT2D eigenvalue weighted by atomic mass is 35.5. The summed E-state index contributed by atoms with van der Waals surface area (Å²) in [6, 6.07) is 16.3. The summed E-state index contributed by atoms with van der Waals surface area (Å²) in [6.07, 6.45) is 1.69. The lowest BCUT2D eigenvalue weighted by atomic mass is 10.1. The number of aromatic nitrogens is 1. The Kier molecular flexibility index (Phi) is 5.53. The molecule has 3 aromatic rings. The number of benzene rings is 2. The topological polar surface area (TPSA) is 63.7 Å². The minimum Gasteiger partial charge on any atom is -0.494 e. The van der Waals surface area contributed by atoms with Crippen molar-refractivity contribution in [1.82, 2.24) is 4.98 Å². The molecule has 1 amide bonds. The molecule has 2 heterocycles. The molecule has 1 N–H and O–H groups in total. The van der Waals surface area contributed by atoms with Crippen molar-refractivity contribution in [2.24, 2.45) is 0 Å². The fourth-order valence-electron chi connectivity index (χ4n) is 3.22. The first kappa shape index (κ1) is 19.1. The van der Waals surface area contributed by atoms with E-state index in [0.29, 0.717) is 47.6 Å². The zero-order valence-corrected chi connectivity index (χ0v) is 16.6. The van der Waals surface area contributed by atoms with Crippen LogP contribution in [0.4, 0.5) is 17.2 Å². The lowest BCUT2D eigenvalue weighted by Crippen LogP contribution is -2.30. The summed E-state index contributed by atoms with van der Waals surface area (Å²) >= 11 is 6.33. The van der Waals surface area contributed by atoms with Crippen LogP contribution in [0.5, 0.6) is 11.5 Å². The number of carbonyl (C=O) groups is 1. The first-order valence-corrected chi connectivity index (χ1v) is 9.73. The van der Waals surface area contributed by atoms with E-state index in [9.17, 15) is 4.79 Å². The van der Waals surface area contributed by atoms with Crippen LogP contribution in [0.1, 0.15) is 17.3 Å². The quantitative estimate of drug-likeness (QED) is 0.648. The van der Waals surface area contributed by atoms with Gasteiger partial charge in [-0.1, -0.05) is 17.7 Å². The molecule has 1 aromatic heterocycles. The Morgan fingerprint density at radius 2 is 2.03 bits per heavy atom. The number of pyridine rings is 1. The van der Waals surface area contributed by atoms with Gasteiger partial charge in [0.2, 0.25) is 0 Å². The molecular formula is C22H20ClN3O3. The van der Waals surface area contributed by atoms with Gasteiger partial charge in [0, 0.05) is 11.9 Å². The highest BCUT2D eigenvalue weighted by molar-refractivity contribution is 6.33. The van der Waals surface area contributed by atoms with E-state index in [1.165, 1.54) is 0 Å². The molecule has 0 saturated heterocycles. The van der Waals surface area contributed by atoms with Crippen LogP contribution in [0.3, 0.4) is 0 Å². The SMILES string of the molecule is CCOc1ccc(NC(=O)c2cccc3c2OCCN3c2ncccc2Cl)cc1.